The molecule has 0 bridgehead atoms. The number of carboxylic acid groups (broad SMARTS) is 1. The average molecular weight is 208 g/mol. The third-order valence-electron chi connectivity index (χ3n) is 2.54. The van der Waals surface area contributed by atoms with E-state index in [0.717, 1.165) is 25.4 Å². The molecule has 4 heteroatoms. The predicted molar refractivity (Wildman–Crippen MR) is 54.3 cm³/mol. The van der Waals surface area contributed by atoms with E-state index < -0.39 is 5.97 Å². The van der Waals surface area contributed by atoms with Crippen LogP contribution in [-0.2, 0) is 4.79 Å². The molecule has 0 aromatic rings. The summed E-state index contributed by atoms with van der Waals surface area (Å²) in [7, 11) is 0. The van der Waals surface area contributed by atoms with E-state index in [9.17, 15) is 4.79 Å². The summed E-state index contributed by atoms with van der Waals surface area (Å²) in [5.41, 5.74) is 0. The maximum atomic E-state index is 10.4. The fourth-order valence-electron chi connectivity index (χ4n) is 1.82. The van der Waals surface area contributed by atoms with Gasteiger partial charge in [-0.3, -0.25) is 9.69 Å². The second-order valence-electron chi connectivity index (χ2n) is 3.55. The summed E-state index contributed by atoms with van der Waals surface area (Å²) < 4.78 is 0. The van der Waals surface area contributed by atoms with Crippen molar-refractivity contribution in [3.8, 4) is 0 Å². The first-order valence-corrected chi connectivity index (χ1v) is 4.66. The summed E-state index contributed by atoms with van der Waals surface area (Å²) in [5.74, 6) is 0.0184. The van der Waals surface area contributed by atoms with Crippen molar-refractivity contribution >= 4 is 18.4 Å². The molecule has 0 saturated carbocycles. The van der Waals surface area contributed by atoms with Crippen LogP contribution in [0.5, 0.6) is 0 Å². The van der Waals surface area contributed by atoms with Crippen LogP contribution in [0.25, 0.3) is 0 Å². The first kappa shape index (κ1) is 12.7. The molecule has 1 unspecified atom stereocenters. The molecule has 1 aliphatic rings. The van der Waals surface area contributed by atoms with E-state index in [4.69, 9.17) is 5.11 Å². The zero-order valence-corrected chi connectivity index (χ0v) is 8.85. The van der Waals surface area contributed by atoms with Gasteiger partial charge in [0.15, 0.2) is 0 Å². The highest BCUT2D eigenvalue weighted by Gasteiger charge is 2.19. The molecule has 78 valence electrons. The van der Waals surface area contributed by atoms with Crippen LogP contribution in [0.1, 0.15) is 26.2 Å². The SMILES string of the molecule is CCC1CCCN(CC(=O)O)C1.Cl. The van der Waals surface area contributed by atoms with Crippen molar-refractivity contribution in [3.63, 3.8) is 0 Å². The van der Waals surface area contributed by atoms with Gasteiger partial charge in [-0.1, -0.05) is 13.3 Å². The van der Waals surface area contributed by atoms with E-state index >= 15 is 0 Å². The van der Waals surface area contributed by atoms with Crippen LogP contribution in [0.3, 0.4) is 0 Å². The molecule has 0 spiro atoms. The molecule has 0 aliphatic carbocycles. The zero-order valence-electron chi connectivity index (χ0n) is 8.03. The largest absolute Gasteiger partial charge is 0.480 e. The lowest BCUT2D eigenvalue weighted by molar-refractivity contribution is -0.138. The van der Waals surface area contributed by atoms with Gasteiger partial charge in [0.25, 0.3) is 0 Å². The normalized spacial score (nSPS) is 23.6. The van der Waals surface area contributed by atoms with Crippen molar-refractivity contribution < 1.29 is 9.90 Å². The molecule has 0 amide bonds. The van der Waals surface area contributed by atoms with Crippen molar-refractivity contribution in [2.24, 2.45) is 5.92 Å². The monoisotopic (exact) mass is 207 g/mol. The van der Waals surface area contributed by atoms with E-state index in [-0.39, 0.29) is 19.0 Å². The van der Waals surface area contributed by atoms with Gasteiger partial charge in [0.1, 0.15) is 0 Å². The highest BCUT2D eigenvalue weighted by atomic mass is 35.5. The Balaban J connectivity index is 0.00000144. The Kier molecular flexibility index (Phi) is 6.08. The van der Waals surface area contributed by atoms with Gasteiger partial charge in [-0.25, -0.2) is 0 Å². The third-order valence-corrected chi connectivity index (χ3v) is 2.54. The molecule has 0 radical (unpaired) electrons. The predicted octanol–water partition coefficient (Wildman–Crippen LogP) is 1.61. The minimum atomic E-state index is -0.702. The molecular formula is C9H18ClNO2. The topological polar surface area (TPSA) is 40.5 Å². The highest BCUT2D eigenvalue weighted by molar-refractivity contribution is 5.85. The molecule has 1 heterocycles. The molecule has 13 heavy (non-hydrogen) atoms. The number of hydrogen-bond donors (Lipinski definition) is 1. The zero-order chi connectivity index (χ0) is 8.97. The number of carbonyl (C=O) groups is 1. The Morgan fingerprint density at radius 2 is 2.31 bits per heavy atom. The van der Waals surface area contributed by atoms with Gasteiger partial charge < -0.3 is 5.11 Å². The molecule has 1 atom stereocenters. The van der Waals surface area contributed by atoms with Gasteiger partial charge in [0.2, 0.25) is 0 Å². The summed E-state index contributed by atoms with van der Waals surface area (Å²) in [5, 5.41) is 8.58. The molecular weight excluding hydrogens is 190 g/mol. The smallest absolute Gasteiger partial charge is 0.317 e. The van der Waals surface area contributed by atoms with Crippen molar-refractivity contribution in [2.75, 3.05) is 19.6 Å². The summed E-state index contributed by atoms with van der Waals surface area (Å²) in [6.07, 6.45) is 3.61. The van der Waals surface area contributed by atoms with Crippen molar-refractivity contribution in [1.82, 2.24) is 4.90 Å². The van der Waals surface area contributed by atoms with Crippen LogP contribution in [0.4, 0.5) is 0 Å². The van der Waals surface area contributed by atoms with Crippen LogP contribution in [0, 0.1) is 5.92 Å². The van der Waals surface area contributed by atoms with Gasteiger partial charge >= 0.3 is 5.97 Å². The van der Waals surface area contributed by atoms with E-state index in [1.807, 2.05) is 4.90 Å². The van der Waals surface area contributed by atoms with E-state index in [0.29, 0.717) is 0 Å². The van der Waals surface area contributed by atoms with E-state index in [1.54, 1.807) is 0 Å². The fourth-order valence-corrected chi connectivity index (χ4v) is 1.82. The molecule has 1 fully saturated rings. The Morgan fingerprint density at radius 3 is 2.85 bits per heavy atom. The fraction of sp³-hybridized carbons (Fsp3) is 0.889. The summed E-state index contributed by atoms with van der Waals surface area (Å²) in [6.45, 7) is 4.33. The van der Waals surface area contributed by atoms with Crippen molar-refractivity contribution in [2.45, 2.75) is 26.2 Å². The van der Waals surface area contributed by atoms with Gasteiger partial charge in [-0.05, 0) is 25.3 Å². The Labute approximate surface area is 85.5 Å². The third kappa shape index (κ3) is 4.48. The Bertz CT molecular complexity index is 164. The summed E-state index contributed by atoms with van der Waals surface area (Å²) in [4.78, 5) is 12.5. The molecule has 1 N–H and O–H groups in total. The van der Waals surface area contributed by atoms with E-state index in [2.05, 4.69) is 6.92 Å². The number of nitrogens with zero attached hydrogens (tertiary/aromatic N) is 1. The van der Waals surface area contributed by atoms with Gasteiger partial charge in [0.05, 0.1) is 6.54 Å². The lowest BCUT2D eigenvalue weighted by Gasteiger charge is -2.30. The van der Waals surface area contributed by atoms with Crippen molar-refractivity contribution in [1.29, 1.82) is 0 Å². The number of likely N-dealkylation sites (tertiary alicyclic amines) is 1. The minimum Gasteiger partial charge on any atom is -0.480 e. The highest BCUT2D eigenvalue weighted by Crippen LogP contribution is 2.18. The second kappa shape index (κ2) is 6.22. The lowest BCUT2D eigenvalue weighted by atomic mass is 9.96. The van der Waals surface area contributed by atoms with Crippen LogP contribution < -0.4 is 0 Å². The number of rotatable bonds is 3. The first-order chi connectivity index (χ1) is 5.72. The number of halogens is 1. The molecule has 1 aliphatic heterocycles. The van der Waals surface area contributed by atoms with Gasteiger partial charge in [-0.2, -0.15) is 0 Å². The molecule has 3 nitrogen and oxygen atoms in total. The van der Waals surface area contributed by atoms with Crippen molar-refractivity contribution in [3.05, 3.63) is 0 Å². The maximum Gasteiger partial charge on any atom is 0.317 e. The molecule has 1 rings (SSSR count). The first-order valence-electron chi connectivity index (χ1n) is 4.66. The minimum absolute atomic E-state index is 0. The molecule has 0 aromatic heterocycles. The van der Waals surface area contributed by atoms with Crippen LogP contribution in [0.15, 0.2) is 0 Å². The van der Waals surface area contributed by atoms with Gasteiger partial charge in [-0.15, -0.1) is 12.4 Å². The number of aliphatic carboxylic acids is 1. The summed E-state index contributed by atoms with van der Waals surface area (Å²) in [6, 6.07) is 0. The quantitative estimate of drug-likeness (QED) is 0.765. The van der Waals surface area contributed by atoms with Gasteiger partial charge in [0, 0.05) is 6.54 Å². The second-order valence-corrected chi connectivity index (χ2v) is 3.55. The van der Waals surface area contributed by atoms with E-state index in [1.165, 1.54) is 12.8 Å². The van der Waals surface area contributed by atoms with Crippen LogP contribution >= 0.6 is 12.4 Å². The Morgan fingerprint density at radius 1 is 1.62 bits per heavy atom. The summed E-state index contributed by atoms with van der Waals surface area (Å²) >= 11 is 0. The number of carboxylic acids is 1. The lowest BCUT2D eigenvalue weighted by Crippen LogP contribution is -2.38. The van der Waals surface area contributed by atoms with Crippen LogP contribution in [0.2, 0.25) is 0 Å². The average Bonchev–Trinajstić information content (AvgIpc) is 2.03. The molecule has 0 aromatic carbocycles. The molecule has 1 saturated heterocycles. The Hall–Kier alpha value is -0.280. The van der Waals surface area contributed by atoms with Crippen LogP contribution in [-0.4, -0.2) is 35.6 Å². The standard InChI is InChI=1S/C9H17NO2.ClH/c1-2-8-4-3-5-10(6-8)7-9(11)12;/h8H,2-7H2,1H3,(H,11,12);1H. The number of hydrogen-bond acceptors (Lipinski definition) is 2. The maximum absolute atomic E-state index is 10.4. The number of piperidine rings is 1.